The van der Waals surface area contributed by atoms with Crippen LogP contribution in [0.4, 0.5) is 0 Å². The van der Waals surface area contributed by atoms with Crippen molar-refractivity contribution in [3.05, 3.63) is 30.5 Å². The van der Waals surface area contributed by atoms with Gasteiger partial charge in [-0.15, -0.1) is 0 Å². The summed E-state index contributed by atoms with van der Waals surface area (Å²) in [5.74, 6) is 0. The number of nitrogens with zero attached hydrogens (tertiary/aromatic N) is 3. The molecule has 0 spiro atoms. The second-order valence-electron chi connectivity index (χ2n) is 2.78. The van der Waals surface area contributed by atoms with E-state index in [4.69, 9.17) is 0 Å². The number of imidazole rings is 1. The van der Waals surface area contributed by atoms with Crippen molar-refractivity contribution < 1.29 is 0 Å². The predicted octanol–water partition coefficient (Wildman–Crippen LogP) is 1.68. The van der Waals surface area contributed by atoms with Crippen molar-refractivity contribution in [1.82, 2.24) is 14.4 Å². The number of rotatable bonds is 2. The Morgan fingerprint density at radius 2 is 2.00 bits per heavy atom. The Kier molecular flexibility index (Phi) is 1.78. The molecule has 2 heterocycles. The lowest BCUT2D eigenvalue weighted by molar-refractivity contribution is 0.874. The smallest absolute Gasteiger partial charge is 0.158 e. The van der Waals surface area contributed by atoms with Gasteiger partial charge in [-0.1, -0.05) is 13.3 Å². The van der Waals surface area contributed by atoms with E-state index < -0.39 is 0 Å². The van der Waals surface area contributed by atoms with Gasteiger partial charge in [-0.05, 0) is 6.42 Å². The van der Waals surface area contributed by atoms with Crippen LogP contribution in [-0.4, -0.2) is 14.4 Å². The van der Waals surface area contributed by atoms with Gasteiger partial charge in [-0.3, -0.25) is 4.98 Å². The van der Waals surface area contributed by atoms with E-state index in [1.54, 1.807) is 6.20 Å². The van der Waals surface area contributed by atoms with Crippen molar-refractivity contribution in [2.24, 2.45) is 0 Å². The highest BCUT2D eigenvalue weighted by atomic mass is 15.0. The summed E-state index contributed by atoms with van der Waals surface area (Å²) in [6.45, 7) is 2.15. The minimum atomic E-state index is 0.986. The van der Waals surface area contributed by atoms with E-state index in [-0.39, 0.29) is 0 Å². The van der Waals surface area contributed by atoms with Gasteiger partial charge in [0.05, 0.1) is 5.69 Å². The van der Waals surface area contributed by atoms with Crippen LogP contribution in [0.25, 0.3) is 5.65 Å². The zero-order valence-corrected chi connectivity index (χ0v) is 7.07. The van der Waals surface area contributed by atoms with Crippen molar-refractivity contribution in [3.63, 3.8) is 0 Å². The topological polar surface area (TPSA) is 30.2 Å². The van der Waals surface area contributed by atoms with Gasteiger partial charge in [0, 0.05) is 24.8 Å². The molecule has 3 nitrogen and oxygen atoms in total. The molecule has 0 N–H and O–H groups in total. The SMILES string of the molecule is CCCc1nccn2ccnc12. The standard InChI is InChI=1S/C9H11N3/c1-2-3-8-9-11-5-7-12(9)6-4-10-8/h4-7H,2-3H2,1H3. The van der Waals surface area contributed by atoms with E-state index in [1.807, 2.05) is 23.0 Å². The van der Waals surface area contributed by atoms with Crippen LogP contribution in [0.15, 0.2) is 24.8 Å². The van der Waals surface area contributed by atoms with Crippen molar-refractivity contribution in [2.75, 3.05) is 0 Å². The molecule has 2 rings (SSSR count). The fourth-order valence-corrected chi connectivity index (χ4v) is 1.32. The molecule has 0 amide bonds. The van der Waals surface area contributed by atoms with Crippen LogP contribution >= 0.6 is 0 Å². The minimum Gasteiger partial charge on any atom is -0.304 e. The summed E-state index contributed by atoms with van der Waals surface area (Å²) in [5, 5.41) is 0. The molecule has 3 heteroatoms. The van der Waals surface area contributed by atoms with Crippen molar-refractivity contribution in [1.29, 1.82) is 0 Å². The Hall–Kier alpha value is -1.38. The maximum atomic E-state index is 4.29. The molecule has 0 saturated carbocycles. The van der Waals surface area contributed by atoms with Crippen LogP contribution in [0.5, 0.6) is 0 Å². The summed E-state index contributed by atoms with van der Waals surface area (Å²) in [5.41, 5.74) is 2.07. The first-order valence-electron chi connectivity index (χ1n) is 4.18. The molecule has 0 aliphatic heterocycles. The summed E-state index contributed by atoms with van der Waals surface area (Å²) in [6, 6.07) is 0. The highest BCUT2D eigenvalue weighted by molar-refractivity contribution is 5.43. The second kappa shape index (κ2) is 2.93. The largest absolute Gasteiger partial charge is 0.304 e. The monoisotopic (exact) mass is 161 g/mol. The van der Waals surface area contributed by atoms with Gasteiger partial charge < -0.3 is 4.40 Å². The first-order valence-corrected chi connectivity index (χ1v) is 4.18. The summed E-state index contributed by atoms with van der Waals surface area (Å²) in [4.78, 5) is 8.52. The van der Waals surface area contributed by atoms with Gasteiger partial charge in [0.25, 0.3) is 0 Å². The van der Waals surface area contributed by atoms with E-state index in [2.05, 4.69) is 16.9 Å². The van der Waals surface area contributed by atoms with Gasteiger partial charge in [-0.25, -0.2) is 4.98 Å². The van der Waals surface area contributed by atoms with E-state index >= 15 is 0 Å². The van der Waals surface area contributed by atoms with E-state index in [1.165, 1.54) is 0 Å². The predicted molar refractivity (Wildman–Crippen MR) is 47.0 cm³/mol. The molecule has 2 aromatic rings. The van der Waals surface area contributed by atoms with Crippen LogP contribution in [-0.2, 0) is 6.42 Å². The molecular formula is C9H11N3. The minimum absolute atomic E-state index is 0.986. The Labute approximate surface area is 71.1 Å². The summed E-state index contributed by atoms with van der Waals surface area (Å²) in [6.07, 6.45) is 9.59. The lowest BCUT2D eigenvalue weighted by Crippen LogP contribution is -1.94. The zero-order valence-electron chi connectivity index (χ0n) is 7.07. The zero-order chi connectivity index (χ0) is 8.39. The lowest BCUT2D eigenvalue weighted by Gasteiger charge is -1.98. The van der Waals surface area contributed by atoms with Gasteiger partial charge in [0.1, 0.15) is 0 Å². The third-order valence-corrected chi connectivity index (χ3v) is 1.87. The van der Waals surface area contributed by atoms with E-state index in [9.17, 15) is 0 Å². The van der Waals surface area contributed by atoms with E-state index in [0.29, 0.717) is 0 Å². The molecule has 0 aliphatic carbocycles. The fourth-order valence-electron chi connectivity index (χ4n) is 1.32. The first kappa shape index (κ1) is 7.28. The molecule has 62 valence electrons. The molecule has 0 saturated heterocycles. The van der Waals surface area contributed by atoms with Crippen LogP contribution in [0.1, 0.15) is 19.0 Å². The molecule has 0 unspecified atom stereocenters. The highest BCUT2D eigenvalue weighted by Crippen LogP contribution is 2.06. The molecule has 0 atom stereocenters. The molecule has 0 fully saturated rings. The fraction of sp³-hybridized carbons (Fsp3) is 0.333. The maximum absolute atomic E-state index is 4.29. The van der Waals surface area contributed by atoms with Crippen LogP contribution in [0, 0.1) is 0 Å². The molecule has 0 bridgehead atoms. The first-order chi connectivity index (χ1) is 5.92. The molecule has 0 radical (unpaired) electrons. The second-order valence-corrected chi connectivity index (χ2v) is 2.78. The van der Waals surface area contributed by atoms with Gasteiger partial charge in [0.15, 0.2) is 5.65 Å². The highest BCUT2D eigenvalue weighted by Gasteiger charge is 2.00. The normalized spacial score (nSPS) is 10.8. The molecule has 12 heavy (non-hydrogen) atoms. The maximum Gasteiger partial charge on any atom is 0.158 e. The number of fused-ring (bicyclic) bond motifs is 1. The van der Waals surface area contributed by atoms with Gasteiger partial charge in [-0.2, -0.15) is 0 Å². The third-order valence-electron chi connectivity index (χ3n) is 1.87. The Morgan fingerprint density at radius 1 is 1.25 bits per heavy atom. The molecule has 0 aromatic carbocycles. The number of hydrogen-bond acceptors (Lipinski definition) is 2. The summed E-state index contributed by atoms with van der Waals surface area (Å²) in [7, 11) is 0. The Morgan fingerprint density at radius 3 is 2.75 bits per heavy atom. The van der Waals surface area contributed by atoms with Crippen molar-refractivity contribution in [2.45, 2.75) is 19.8 Å². The number of aromatic nitrogens is 3. The van der Waals surface area contributed by atoms with Gasteiger partial charge in [0.2, 0.25) is 0 Å². The van der Waals surface area contributed by atoms with Crippen LogP contribution in [0.2, 0.25) is 0 Å². The average molecular weight is 161 g/mol. The van der Waals surface area contributed by atoms with Gasteiger partial charge >= 0.3 is 0 Å². The van der Waals surface area contributed by atoms with Crippen molar-refractivity contribution in [3.8, 4) is 0 Å². The van der Waals surface area contributed by atoms with E-state index in [0.717, 1.165) is 24.2 Å². The number of aryl methyl sites for hydroxylation is 1. The average Bonchev–Trinajstić information content (AvgIpc) is 2.53. The lowest BCUT2D eigenvalue weighted by atomic mass is 10.2. The third kappa shape index (κ3) is 1.07. The summed E-state index contributed by atoms with van der Waals surface area (Å²) >= 11 is 0. The van der Waals surface area contributed by atoms with Crippen LogP contribution < -0.4 is 0 Å². The Balaban J connectivity index is 2.57. The number of hydrogen-bond donors (Lipinski definition) is 0. The Bertz CT molecular complexity index is 378. The molecular weight excluding hydrogens is 150 g/mol. The molecule has 2 aromatic heterocycles. The molecule has 0 aliphatic rings. The van der Waals surface area contributed by atoms with Crippen molar-refractivity contribution >= 4 is 5.65 Å². The van der Waals surface area contributed by atoms with Crippen LogP contribution in [0.3, 0.4) is 0 Å². The quantitative estimate of drug-likeness (QED) is 0.670. The summed E-state index contributed by atoms with van der Waals surface area (Å²) < 4.78 is 2.00.